The van der Waals surface area contributed by atoms with Crippen LogP contribution in [-0.4, -0.2) is 45.4 Å². The highest BCUT2D eigenvalue weighted by Gasteiger charge is 2.29. The standard InChI is InChI=1S/C16H26N4O3/c1-10-7-8-20(9-13(10)21)16(22)17-11(2)15-18-14(19-23-15)12-5-3-4-6-12/h10-13,21H,3-9H2,1-2H3,(H,17,22). The number of β-amino-alcohol motifs (C(OH)–C–C–N with tert-alkyl or cyclic N) is 1. The third-order valence-corrected chi connectivity index (χ3v) is 5.09. The summed E-state index contributed by atoms with van der Waals surface area (Å²) in [5.41, 5.74) is 0. The molecule has 1 aliphatic heterocycles. The number of rotatable bonds is 3. The topological polar surface area (TPSA) is 91.5 Å². The fourth-order valence-corrected chi connectivity index (χ4v) is 3.34. The fourth-order valence-electron chi connectivity index (χ4n) is 3.34. The summed E-state index contributed by atoms with van der Waals surface area (Å²) >= 11 is 0. The van der Waals surface area contributed by atoms with Gasteiger partial charge in [-0.25, -0.2) is 4.79 Å². The Morgan fingerprint density at radius 3 is 2.83 bits per heavy atom. The lowest BCUT2D eigenvalue weighted by Crippen LogP contribution is -2.50. The predicted molar refractivity (Wildman–Crippen MR) is 83.8 cm³/mol. The van der Waals surface area contributed by atoms with E-state index in [1.165, 1.54) is 12.8 Å². The maximum atomic E-state index is 12.3. The zero-order valence-corrected chi connectivity index (χ0v) is 13.9. The Morgan fingerprint density at radius 2 is 2.13 bits per heavy atom. The number of aliphatic hydroxyl groups is 1. The number of nitrogens with zero attached hydrogens (tertiary/aromatic N) is 3. The molecular weight excluding hydrogens is 296 g/mol. The average molecular weight is 322 g/mol. The van der Waals surface area contributed by atoms with E-state index in [4.69, 9.17) is 4.52 Å². The highest BCUT2D eigenvalue weighted by Crippen LogP contribution is 2.32. The first-order valence-corrected chi connectivity index (χ1v) is 8.61. The number of hydrogen-bond donors (Lipinski definition) is 2. The highest BCUT2D eigenvalue weighted by molar-refractivity contribution is 5.74. The molecule has 2 amide bonds. The van der Waals surface area contributed by atoms with Crippen molar-refractivity contribution in [2.45, 2.75) is 64.0 Å². The minimum atomic E-state index is -0.456. The van der Waals surface area contributed by atoms with Gasteiger partial charge in [0.15, 0.2) is 5.82 Å². The SMILES string of the molecule is CC(NC(=O)N1CCC(C)C(O)C1)c1nc(C2CCCC2)no1. The molecule has 1 saturated carbocycles. The van der Waals surface area contributed by atoms with E-state index in [0.29, 0.717) is 24.9 Å². The first-order chi connectivity index (χ1) is 11.0. The van der Waals surface area contributed by atoms with Crippen molar-refractivity contribution in [2.24, 2.45) is 5.92 Å². The number of urea groups is 1. The normalized spacial score (nSPS) is 27.2. The van der Waals surface area contributed by atoms with Gasteiger partial charge in [0, 0.05) is 19.0 Å². The van der Waals surface area contributed by atoms with Crippen LogP contribution in [0.3, 0.4) is 0 Å². The Bertz CT molecular complexity index is 541. The van der Waals surface area contributed by atoms with Crippen LogP contribution in [0.2, 0.25) is 0 Å². The van der Waals surface area contributed by atoms with E-state index >= 15 is 0 Å². The number of aromatic nitrogens is 2. The van der Waals surface area contributed by atoms with Crippen molar-refractivity contribution >= 4 is 6.03 Å². The molecule has 1 saturated heterocycles. The van der Waals surface area contributed by atoms with E-state index < -0.39 is 6.10 Å². The quantitative estimate of drug-likeness (QED) is 0.890. The number of carbonyl (C=O) groups is 1. The van der Waals surface area contributed by atoms with Gasteiger partial charge in [-0.15, -0.1) is 0 Å². The van der Waals surface area contributed by atoms with Gasteiger partial charge in [-0.3, -0.25) is 0 Å². The van der Waals surface area contributed by atoms with E-state index in [2.05, 4.69) is 15.5 Å². The van der Waals surface area contributed by atoms with Crippen LogP contribution in [-0.2, 0) is 0 Å². The second-order valence-electron chi connectivity index (χ2n) is 6.92. The maximum absolute atomic E-state index is 12.3. The average Bonchev–Trinajstić information content (AvgIpc) is 3.20. The second kappa shape index (κ2) is 6.86. The zero-order chi connectivity index (χ0) is 16.4. The van der Waals surface area contributed by atoms with Crippen LogP contribution in [0.5, 0.6) is 0 Å². The van der Waals surface area contributed by atoms with Gasteiger partial charge in [0.1, 0.15) is 6.04 Å². The first kappa shape index (κ1) is 16.2. The highest BCUT2D eigenvalue weighted by atomic mass is 16.5. The fraction of sp³-hybridized carbons (Fsp3) is 0.812. The van der Waals surface area contributed by atoms with E-state index in [-0.39, 0.29) is 18.0 Å². The van der Waals surface area contributed by atoms with Crippen molar-refractivity contribution in [3.63, 3.8) is 0 Å². The smallest absolute Gasteiger partial charge is 0.318 e. The predicted octanol–water partition coefficient (Wildman–Crippen LogP) is 2.20. The molecule has 2 N–H and O–H groups in total. The van der Waals surface area contributed by atoms with E-state index in [9.17, 15) is 9.90 Å². The molecule has 0 radical (unpaired) electrons. The van der Waals surface area contributed by atoms with Gasteiger partial charge in [-0.1, -0.05) is 24.9 Å². The van der Waals surface area contributed by atoms with E-state index in [1.807, 2.05) is 13.8 Å². The van der Waals surface area contributed by atoms with Gasteiger partial charge >= 0.3 is 6.03 Å². The number of nitrogens with one attached hydrogen (secondary N) is 1. The molecule has 2 aliphatic rings. The Morgan fingerprint density at radius 1 is 1.39 bits per heavy atom. The lowest BCUT2D eigenvalue weighted by atomic mass is 9.96. The van der Waals surface area contributed by atoms with Crippen LogP contribution in [0, 0.1) is 5.92 Å². The molecule has 0 bridgehead atoms. The van der Waals surface area contributed by atoms with Gasteiger partial charge < -0.3 is 19.8 Å². The summed E-state index contributed by atoms with van der Waals surface area (Å²) in [6, 6.07) is -0.522. The minimum Gasteiger partial charge on any atom is -0.391 e. The number of piperidine rings is 1. The molecule has 2 heterocycles. The molecule has 0 spiro atoms. The number of hydrogen-bond acceptors (Lipinski definition) is 5. The molecule has 3 rings (SSSR count). The Kier molecular flexibility index (Phi) is 4.84. The van der Waals surface area contributed by atoms with Gasteiger partial charge in [-0.2, -0.15) is 4.98 Å². The van der Waals surface area contributed by atoms with Gasteiger partial charge in [-0.05, 0) is 32.1 Å². The zero-order valence-electron chi connectivity index (χ0n) is 13.9. The minimum absolute atomic E-state index is 0.191. The van der Waals surface area contributed by atoms with Crippen molar-refractivity contribution in [3.05, 3.63) is 11.7 Å². The second-order valence-corrected chi connectivity index (χ2v) is 6.92. The summed E-state index contributed by atoms with van der Waals surface area (Å²) < 4.78 is 5.32. The van der Waals surface area contributed by atoms with Gasteiger partial charge in [0.2, 0.25) is 5.89 Å². The Hall–Kier alpha value is -1.63. The Labute approximate surface area is 136 Å². The van der Waals surface area contributed by atoms with Crippen molar-refractivity contribution in [3.8, 4) is 0 Å². The van der Waals surface area contributed by atoms with E-state index in [0.717, 1.165) is 25.1 Å². The van der Waals surface area contributed by atoms with Crippen molar-refractivity contribution in [2.75, 3.05) is 13.1 Å². The third-order valence-electron chi connectivity index (χ3n) is 5.09. The molecule has 2 fully saturated rings. The van der Waals surface area contributed by atoms with Crippen molar-refractivity contribution in [1.29, 1.82) is 0 Å². The number of aliphatic hydroxyl groups excluding tert-OH is 1. The first-order valence-electron chi connectivity index (χ1n) is 8.61. The van der Waals surface area contributed by atoms with Gasteiger partial charge in [0.25, 0.3) is 0 Å². The largest absolute Gasteiger partial charge is 0.391 e. The maximum Gasteiger partial charge on any atom is 0.318 e. The molecular formula is C16H26N4O3. The number of carbonyl (C=O) groups excluding carboxylic acids is 1. The van der Waals surface area contributed by atoms with E-state index in [1.54, 1.807) is 4.90 Å². The number of likely N-dealkylation sites (tertiary alicyclic amines) is 1. The summed E-state index contributed by atoms with van der Waals surface area (Å²) in [4.78, 5) is 18.4. The van der Waals surface area contributed by atoms with Crippen LogP contribution in [0.4, 0.5) is 4.79 Å². The molecule has 1 aliphatic carbocycles. The lowest BCUT2D eigenvalue weighted by Gasteiger charge is -2.34. The molecule has 1 aromatic heterocycles. The summed E-state index contributed by atoms with van der Waals surface area (Å²) in [7, 11) is 0. The molecule has 3 atom stereocenters. The van der Waals surface area contributed by atoms with Gasteiger partial charge in [0.05, 0.1) is 6.10 Å². The molecule has 0 aromatic carbocycles. The molecule has 128 valence electrons. The number of amides is 2. The van der Waals surface area contributed by atoms with Crippen molar-refractivity contribution < 1.29 is 14.4 Å². The van der Waals surface area contributed by atoms with Crippen LogP contribution in [0.1, 0.15) is 69.6 Å². The van der Waals surface area contributed by atoms with Crippen LogP contribution in [0.15, 0.2) is 4.52 Å². The molecule has 23 heavy (non-hydrogen) atoms. The summed E-state index contributed by atoms with van der Waals surface area (Å²) in [6.07, 6.45) is 5.03. The lowest BCUT2D eigenvalue weighted by molar-refractivity contribution is 0.0429. The monoisotopic (exact) mass is 322 g/mol. The van der Waals surface area contributed by atoms with Crippen LogP contribution in [0.25, 0.3) is 0 Å². The third kappa shape index (κ3) is 3.65. The summed E-state index contributed by atoms with van der Waals surface area (Å²) in [5.74, 6) is 1.85. The summed E-state index contributed by atoms with van der Waals surface area (Å²) in [6.45, 7) is 4.88. The summed E-state index contributed by atoms with van der Waals surface area (Å²) in [5, 5.41) is 16.9. The van der Waals surface area contributed by atoms with Crippen LogP contribution >= 0.6 is 0 Å². The molecule has 3 unspecified atom stereocenters. The molecule has 7 heteroatoms. The van der Waals surface area contributed by atoms with Crippen LogP contribution < -0.4 is 5.32 Å². The van der Waals surface area contributed by atoms with Crippen molar-refractivity contribution in [1.82, 2.24) is 20.4 Å². The molecule has 7 nitrogen and oxygen atoms in total. The Balaban J connectivity index is 1.56. The molecule has 1 aromatic rings.